The molecule has 2 nitrogen and oxygen atoms in total. The molecule has 0 bridgehead atoms. The van der Waals surface area contributed by atoms with Crippen LogP contribution in [-0.4, -0.2) is 5.91 Å². The summed E-state index contributed by atoms with van der Waals surface area (Å²) in [7, 11) is 0. The molecular weight excluding hydrogens is 222 g/mol. The fraction of sp³-hybridized carbons (Fsp3) is 0.562. The van der Waals surface area contributed by atoms with Crippen molar-refractivity contribution in [2.24, 2.45) is 0 Å². The zero-order valence-corrected chi connectivity index (χ0v) is 11.5. The van der Waals surface area contributed by atoms with E-state index in [0.717, 1.165) is 6.42 Å². The molecule has 1 N–H and O–H groups in total. The largest absolute Gasteiger partial charge is 0.349 e. The number of amides is 1. The van der Waals surface area contributed by atoms with Gasteiger partial charge in [-0.15, -0.1) is 0 Å². The van der Waals surface area contributed by atoms with E-state index in [9.17, 15) is 4.79 Å². The molecule has 1 aromatic rings. The van der Waals surface area contributed by atoms with Crippen LogP contribution in [0.3, 0.4) is 0 Å². The molecule has 1 aromatic carbocycles. The van der Waals surface area contributed by atoms with E-state index >= 15 is 0 Å². The Hall–Kier alpha value is -1.31. The highest BCUT2D eigenvalue weighted by Gasteiger charge is 2.15. The molecule has 1 amide bonds. The highest BCUT2D eigenvalue weighted by Crippen LogP contribution is 2.26. The van der Waals surface area contributed by atoms with Gasteiger partial charge in [-0.1, -0.05) is 32.0 Å². The van der Waals surface area contributed by atoms with Gasteiger partial charge in [0.2, 0.25) is 5.91 Å². The van der Waals surface area contributed by atoms with E-state index in [1.807, 2.05) is 6.92 Å². The van der Waals surface area contributed by atoms with Crippen molar-refractivity contribution >= 4 is 5.91 Å². The minimum Gasteiger partial charge on any atom is -0.349 e. The lowest BCUT2D eigenvalue weighted by molar-refractivity contribution is -0.121. The lowest BCUT2D eigenvalue weighted by Crippen LogP contribution is -2.27. The minimum absolute atomic E-state index is 0.138. The number of nitrogens with one attached hydrogen (secondary N) is 1. The molecule has 0 radical (unpaired) electrons. The van der Waals surface area contributed by atoms with Crippen LogP contribution < -0.4 is 5.32 Å². The van der Waals surface area contributed by atoms with Gasteiger partial charge in [-0.25, -0.2) is 0 Å². The van der Waals surface area contributed by atoms with E-state index in [2.05, 4.69) is 30.4 Å². The Bertz CT molecular complexity index is 425. The van der Waals surface area contributed by atoms with Crippen molar-refractivity contribution in [3.8, 4) is 0 Å². The van der Waals surface area contributed by atoms with Crippen LogP contribution >= 0.6 is 0 Å². The Labute approximate surface area is 110 Å². The second kappa shape index (κ2) is 6.03. The highest BCUT2D eigenvalue weighted by molar-refractivity contribution is 5.76. The molecule has 18 heavy (non-hydrogen) atoms. The SMILES string of the molecule is CCC(=O)N[C@H](CC)c1ccc2c(c1)CCCC2. The Kier molecular flexibility index (Phi) is 4.40. The van der Waals surface area contributed by atoms with Crippen LogP contribution in [0.2, 0.25) is 0 Å². The summed E-state index contributed by atoms with van der Waals surface area (Å²) < 4.78 is 0. The lowest BCUT2D eigenvalue weighted by Gasteiger charge is -2.21. The molecule has 1 atom stereocenters. The molecule has 1 aliphatic carbocycles. The molecule has 0 saturated heterocycles. The van der Waals surface area contributed by atoms with E-state index in [0.29, 0.717) is 6.42 Å². The van der Waals surface area contributed by atoms with Gasteiger partial charge in [0.15, 0.2) is 0 Å². The maximum Gasteiger partial charge on any atom is 0.220 e. The fourth-order valence-corrected chi connectivity index (χ4v) is 2.69. The third kappa shape index (κ3) is 2.92. The van der Waals surface area contributed by atoms with Gasteiger partial charge in [0.05, 0.1) is 6.04 Å². The normalized spacial score (nSPS) is 15.9. The average molecular weight is 245 g/mol. The van der Waals surface area contributed by atoms with Crippen molar-refractivity contribution < 1.29 is 4.79 Å². The predicted molar refractivity (Wildman–Crippen MR) is 74.5 cm³/mol. The molecular formula is C16H23NO. The van der Waals surface area contributed by atoms with E-state index in [1.165, 1.54) is 42.4 Å². The minimum atomic E-state index is 0.138. The quantitative estimate of drug-likeness (QED) is 0.863. The maximum atomic E-state index is 11.5. The molecule has 0 aromatic heterocycles. The topological polar surface area (TPSA) is 29.1 Å². The number of hydrogen-bond donors (Lipinski definition) is 1. The first-order valence-corrected chi connectivity index (χ1v) is 7.15. The van der Waals surface area contributed by atoms with Crippen LogP contribution in [0.5, 0.6) is 0 Å². The van der Waals surface area contributed by atoms with Gasteiger partial charge in [0, 0.05) is 6.42 Å². The van der Waals surface area contributed by atoms with Crippen LogP contribution in [-0.2, 0) is 17.6 Å². The number of rotatable bonds is 4. The highest BCUT2D eigenvalue weighted by atomic mass is 16.1. The molecule has 98 valence electrons. The first kappa shape index (κ1) is 13.1. The molecule has 1 aliphatic rings. The van der Waals surface area contributed by atoms with E-state index in [-0.39, 0.29) is 11.9 Å². The Morgan fingerprint density at radius 1 is 1.22 bits per heavy atom. The Balaban J connectivity index is 2.18. The van der Waals surface area contributed by atoms with E-state index < -0.39 is 0 Å². The van der Waals surface area contributed by atoms with Crippen LogP contribution in [0.15, 0.2) is 18.2 Å². The summed E-state index contributed by atoms with van der Waals surface area (Å²) in [4.78, 5) is 11.5. The van der Waals surface area contributed by atoms with Gasteiger partial charge >= 0.3 is 0 Å². The van der Waals surface area contributed by atoms with Gasteiger partial charge < -0.3 is 5.32 Å². The van der Waals surface area contributed by atoms with Crippen molar-refractivity contribution in [2.45, 2.75) is 58.4 Å². The number of carbonyl (C=O) groups is 1. The van der Waals surface area contributed by atoms with Crippen molar-refractivity contribution in [1.82, 2.24) is 5.32 Å². The van der Waals surface area contributed by atoms with Crippen LogP contribution in [0, 0.1) is 0 Å². The molecule has 2 heteroatoms. The van der Waals surface area contributed by atoms with Gasteiger partial charge in [-0.05, 0) is 48.8 Å². The summed E-state index contributed by atoms with van der Waals surface area (Å²) in [6.07, 6.45) is 6.53. The molecule has 0 spiro atoms. The number of aryl methyl sites for hydroxylation is 2. The van der Waals surface area contributed by atoms with Gasteiger partial charge in [-0.2, -0.15) is 0 Å². The number of hydrogen-bond acceptors (Lipinski definition) is 1. The van der Waals surface area contributed by atoms with Crippen molar-refractivity contribution in [2.75, 3.05) is 0 Å². The average Bonchev–Trinajstić information content (AvgIpc) is 2.44. The summed E-state index contributed by atoms with van der Waals surface area (Å²) in [6.45, 7) is 4.02. The molecule has 0 heterocycles. The molecule has 0 unspecified atom stereocenters. The van der Waals surface area contributed by atoms with Gasteiger partial charge in [0.25, 0.3) is 0 Å². The van der Waals surface area contributed by atoms with Crippen molar-refractivity contribution in [3.05, 3.63) is 34.9 Å². The standard InChI is InChI=1S/C16H23NO/c1-3-15(17-16(18)4-2)14-10-9-12-7-5-6-8-13(12)11-14/h9-11,15H,3-8H2,1-2H3,(H,17,18)/t15-/m1/s1. The zero-order chi connectivity index (χ0) is 13.0. The van der Waals surface area contributed by atoms with Crippen molar-refractivity contribution in [3.63, 3.8) is 0 Å². The molecule has 0 saturated carbocycles. The predicted octanol–water partition coefficient (Wildman–Crippen LogP) is 3.54. The number of carbonyl (C=O) groups excluding carboxylic acids is 1. The van der Waals surface area contributed by atoms with Crippen LogP contribution in [0.1, 0.15) is 62.3 Å². The summed E-state index contributed by atoms with van der Waals surface area (Å²) in [5.41, 5.74) is 4.25. The second-order valence-corrected chi connectivity index (χ2v) is 5.12. The molecule has 0 fully saturated rings. The monoisotopic (exact) mass is 245 g/mol. The molecule has 0 aliphatic heterocycles. The van der Waals surface area contributed by atoms with Crippen molar-refractivity contribution in [1.29, 1.82) is 0 Å². The van der Waals surface area contributed by atoms with Crippen LogP contribution in [0.25, 0.3) is 0 Å². The van der Waals surface area contributed by atoms with Gasteiger partial charge in [-0.3, -0.25) is 4.79 Å². The number of fused-ring (bicyclic) bond motifs is 1. The Morgan fingerprint density at radius 2 is 1.94 bits per heavy atom. The van der Waals surface area contributed by atoms with Crippen LogP contribution in [0.4, 0.5) is 0 Å². The third-order valence-corrected chi connectivity index (χ3v) is 3.84. The summed E-state index contributed by atoms with van der Waals surface area (Å²) in [5.74, 6) is 0.138. The third-order valence-electron chi connectivity index (χ3n) is 3.84. The first-order valence-electron chi connectivity index (χ1n) is 7.15. The fourth-order valence-electron chi connectivity index (χ4n) is 2.69. The smallest absolute Gasteiger partial charge is 0.220 e. The Morgan fingerprint density at radius 3 is 2.61 bits per heavy atom. The summed E-state index contributed by atoms with van der Waals surface area (Å²) >= 11 is 0. The summed E-state index contributed by atoms with van der Waals surface area (Å²) in [5, 5.41) is 3.10. The zero-order valence-electron chi connectivity index (χ0n) is 11.5. The summed E-state index contributed by atoms with van der Waals surface area (Å²) in [6, 6.07) is 6.92. The lowest BCUT2D eigenvalue weighted by atomic mass is 9.89. The number of benzene rings is 1. The van der Waals surface area contributed by atoms with E-state index in [4.69, 9.17) is 0 Å². The maximum absolute atomic E-state index is 11.5. The van der Waals surface area contributed by atoms with E-state index in [1.54, 1.807) is 0 Å². The second-order valence-electron chi connectivity index (χ2n) is 5.12. The molecule has 2 rings (SSSR count). The van der Waals surface area contributed by atoms with Gasteiger partial charge in [0.1, 0.15) is 0 Å². The first-order chi connectivity index (χ1) is 8.74.